The molecule has 3 rings (SSSR count). The molecule has 1 atom stereocenters. The lowest BCUT2D eigenvalue weighted by atomic mass is 9.82. The minimum atomic E-state index is -0.370. The average molecular weight is 303 g/mol. The number of ether oxygens (including phenoxy) is 1. The van der Waals surface area contributed by atoms with E-state index in [-0.39, 0.29) is 6.10 Å². The lowest BCUT2D eigenvalue weighted by Gasteiger charge is -2.30. The second-order valence-corrected chi connectivity index (χ2v) is 7.00. The standard InChI is InChI=1S/C19H29NO2/c21-19(14-22-13-15-6-7-15)12-20-18-10-8-17(9-11-18)16-4-2-1-3-5-16/h1-5,15,17-21H,6-14H2. The predicted octanol–water partition coefficient (Wildman–Crippen LogP) is 3.09. The van der Waals surface area contributed by atoms with E-state index < -0.39 is 0 Å². The Hall–Kier alpha value is -0.900. The zero-order chi connectivity index (χ0) is 15.2. The molecule has 22 heavy (non-hydrogen) atoms. The fourth-order valence-electron chi connectivity index (χ4n) is 3.37. The molecule has 2 fully saturated rings. The van der Waals surface area contributed by atoms with Crippen molar-refractivity contribution in [3.8, 4) is 0 Å². The Kier molecular flexibility index (Phi) is 5.88. The third kappa shape index (κ3) is 5.08. The molecule has 3 nitrogen and oxygen atoms in total. The molecule has 2 aliphatic carbocycles. The Balaban J connectivity index is 1.30. The van der Waals surface area contributed by atoms with E-state index in [0.717, 1.165) is 12.5 Å². The molecule has 0 aromatic heterocycles. The second-order valence-electron chi connectivity index (χ2n) is 7.00. The van der Waals surface area contributed by atoms with Gasteiger partial charge in [0.1, 0.15) is 0 Å². The van der Waals surface area contributed by atoms with Gasteiger partial charge in [0.2, 0.25) is 0 Å². The van der Waals surface area contributed by atoms with Crippen molar-refractivity contribution in [1.82, 2.24) is 5.32 Å². The molecule has 1 unspecified atom stereocenters. The van der Waals surface area contributed by atoms with Gasteiger partial charge in [-0.05, 0) is 55.9 Å². The summed E-state index contributed by atoms with van der Waals surface area (Å²) in [6.45, 7) is 1.97. The maximum Gasteiger partial charge on any atom is 0.0897 e. The molecule has 2 saturated carbocycles. The molecule has 1 aromatic carbocycles. The molecule has 0 heterocycles. The molecule has 0 bridgehead atoms. The maximum absolute atomic E-state index is 9.96. The highest BCUT2D eigenvalue weighted by atomic mass is 16.5. The third-order valence-electron chi connectivity index (χ3n) is 5.00. The molecule has 122 valence electrons. The lowest BCUT2D eigenvalue weighted by Crippen LogP contribution is -2.39. The van der Waals surface area contributed by atoms with E-state index in [4.69, 9.17) is 4.74 Å². The van der Waals surface area contributed by atoms with Gasteiger partial charge in [-0.25, -0.2) is 0 Å². The van der Waals surface area contributed by atoms with Crippen molar-refractivity contribution >= 4 is 0 Å². The first-order chi connectivity index (χ1) is 10.8. The van der Waals surface area contributed by atoms with Crippen LogP contribution < -0.4 is 5.32 Å². The Morgan fingerprint density at radius 1 is 1.05 bits per heavy atom. The largest absolute Gasteiger partial charge is 0.389 e. The molecule has 2 N–H and O–H groups in total. The minimum absolute atomic E-state index is 0.370. The molecular weight excluding hydrogens is 274 g/mol. The van der Waals surface area contributed by atoms with Crippen LogP contribution in [0.15, 0.2) is 30.3 Å². The molecule has 1 aromatic rings. The van der Waals surface area contributed by atoms with E-state index >= 15 is 0 Å². The van der Waals surface area contributed by atoms with Crippen molar-refractivity contribution in [2.24, 2.45) is 5.92 Å². The molecule has 0 saturated heterocycles. The highest BCUT2D eigenvalue weighted by molar-refractivity contribution is 5.20. The Morgan fingerprint density at radius 2 is 1.77 bits per heavy atom. The van der Waals surface area contributed by atoms with Gasteiger partial charge in [0.05, 0.1) is 12.7 Å². The van der Waals surface area contributed by atoms with Crippen LogP contribution in [0.4, 0.5) is 0 Å². The van der Waals surface area contributed by atoms with Gasteiger partial charge in [0, 0.05) is 19.2 Å². The van der Waals surface area contributed by atoms with Crippen LogP contribution in [0.1, 0.15) is 50.0 Å². The van der Waals surface area contributed by atoms with Crippen molar-refractivity contribution in [2.75, 3.05) is 19.8 Å². The fraction of sp³-hybridized carbons (Fsp3) is 0.684. The predicted molar refractivity (Wildman–Crippen MR) is 89.0 cm³/mol. The van der Waals surface area contributed by atoms with Gasteiger partial charge in [0.15, 0.2) is 0 Å². The normalized spacial score (nSPS) is 26.8. The Morgan fingerprint density at radius 3 is 2.45 bits per heavy atom. The van der Waals surface area contributed by atoms with E-state index in [9.17, 15) is 5.11 Å². The van der Waals surface area contributed by atoms with Crippen LogP contribution in [0, 0.1) is 5.92 Å². The van der Waals surface area contributed by atoms with Gasteiger partial charge in [0.25, 0.3) is 0 Å². The van der Waals surface area contributed by atoms with E-state index in [2.05, 4.69) is 35.6 Å². The van der Waals surface area contributed by atoms with Gasteiger partial charge in [-0.15, -0.1) is 0 Å². The SMILES string of the molecule is OC(CNC1CCC(c2ccccc2)CC1)COCC1CC1. The van der Waals surface area contributed by atoms with E-state index in [1.54, 1.807) is 0 Å². The molecule has 0 aliphatic heterocycles. The molecule has 3 heteroatoms. The smallest absolute Gasteiger partial charge is 0.0897 e. The fourth-order valence-corrected chi connectivity index (χ4v) is 3.37. The summed E-state index contributed by atoms with van der Waals surface area (Å²) in [4.78, 5) is 0. The monoisotopic (exact) mass is 303 g/mol. The summed E-state index contributed by atoms with van der Waals surface area (Å²) < 4.78 is 5.54. The number of hydrogen-bond donors (Lipinski definition) is 2. The molecule has 0 radical (unpaired) electrons. The number of hydrogen-bond acceptors (Lipinski definition) is 3. The number of aliphatic hydroxyl groups excluding tert-OH is 1. The van der Waals surface area contributed by atoms with Crippen molar-refractivity contribution in [2.45, 2.75) is 56.6 Å². The van der Waals surface area contributed by atoms with Crippen LogP contribution in [0.25, 0.3) is 0 Å². The quantitative estimate of drug-likeness (QED) is 0.775. The first kappa shape index (κ1) is 16.0. The lowest BCUT2D eigenvalue weighted by molar-refractivity contribution is 0.0306. The van der Waals surface area contributed by atoms with E-state index in [1.807, 2.05) is 0 Å². The van der Waals surface area contributed by atoms with Crippen molar-refractivity contribution in [3.05, 3.63) is 35.9 Å². The highest BCUT2D eigenvalue weighted by Gasteiger charge is 2.23. The summed E-state index contributed by atoms with van der Waals surface area (Å²) in [5.74, 6) is 1.49. The van der Waals surface area contributed by atoms with Gasteiger partial charge in [-0.2, -0.15) is 0 Å². The molecule has 2 aliphatic rings. The topological polar surface area (TPSA) is 41.5 Å². The number of nitrogens with one attached hydrogen (secondary N) is 1. The zero-order valence-corrected chi connectivity index (χ0v) is 13.4. The van der Waals surface area contributed by atoms with Crippen molar-refractivity contribution in [1.29, 1.82) is 0 Å². The summed E-state index contributed by atoms with van der Waals surface area (Å²) in [7, 11) is 0. The van der Waals surface area contributed by atoms with Crippen LogP contribution in [0.2, 0.25) is 0 Å². The Bertz CT molecular complexity index is 424. The summed E-state index contributed by atoms with van der Waals surface area (Å²) in [5.41, 5.74) is 1.48. The average Bonchev–Trinajstić information content (AvgIpc) is 3.39. The van der Waals surface area contributed by atoms with E-state index in [0.29, 0.717) is 25.1 Å². The van der Waals surface area contributed by atoms with Crippen molar-refractivity contribution < 1.29 is 9.84 Å². The van der Waals surface area contributed by atoms with Gasteiger partial charge >= 0.3 is 0 Å². The van der Waals surface area contributed by atoms with Crippen LogP contribution in [0.3, 0.4) is 0 Å². The van der Waals surface area contributed by atoms with Crippen LogP contribution in [-0.2, 0) is 4.74 Å². The number of rotatable bonds is 8. The van der Waals surface area contributed by atoms with Gasteiger partial charge in [-0.1, -0.05) is 30.3 Å². The summed E-state index contributed by atoms with van der Waals surface area (Å²) in [6.07, 6.45) is 7.14. The van der Waals surface area contributed by atoms with Crippen molar-refractivity contribution in [3.63, 3.8) is 0 Å². The highest BCUT2D eigenvalue weighted by Crippen LogP contribution is 2.32. The first-order valence-corrected chi connectivity index (χ1v) is 8.85. The van der Waals surface area contributed by atoms with Crippen LogP contribution in [-0.4, -0.2) is 37.0 Å². The number of benzene rings is 1. The molecular formula is C19H29NO2. The number of aliphatic hydroxyl groups is 1. The third-order valence-corrected chi connectivity index (χ3v) is 5.00. The van der Waals surface area contributed by atoms with Crippen LogP contribution in [0.5, 0.6) is 0 Å². The molecule has 0 spiro atoms. The van der Waals surface area contributed by atoms with Gasteiger partial charge < -0.3 is 15.2 Å². The minimum Gasteiger partial charge on any atom is -0.389 e. The first-order valence-electron chi connectivity index (χ1n) is 8.85. The second kappa shape index (κ2) is 8.09. The summed E-state index contributed by atoms with van der Waals surface area (Å²) in [6, 6.07) is 11.4. The summed E-state index contributed by atoms with van der Waals surface area (Å²) in [5, 5.41) is 13.5. The van der Waals surface area contributed by atoms with Gasteiger partial charge in [-0.3, -0.25) is 0 Å². The molecule has 0 amide bonds. The zero-order valence-electron chi connectivity index (χ0n) is 13.4. The van der Waals surface area contributed by atoms with Crippen LogP contribution >= 0.6 is 0 Å². The Labute approximate surface area is 134 Å². The maximum atomic E-state index is 9.96. The van der Waals surface area contributed by atoms with E-state index in [1.165, 1.54) is 44.1 Å². The summed E-state index contributed by atoms with van der Waals surface area (Å²) >= 11 is 0.